The van der Waals surface area contributed by atoms with E-state index in [1.54, 1.807) is 12.1 Å². The molecule has 34 heavy (non-hydrogen) atoms. The monoisotopic (exact) mass is 487 g/mol. The van der Waals surface area contributed by atoms with Crippen molar-refractivity contribution in [2.75, 3.05) is 37.8 Å². The van der Waals surface area contributed by atoms with Gasteiger partial charge >= 0.3 is 0 Å². The van der Waals surface area contributed by atoms with Crippen molar-refractivity contribution in [3.8, 4) is 11.5 Å². The lowest BCUT2D eigenvalue weighted by atomic mass is 10.2. The van der Waals surface area contributed by atoms with Gasteiger partial charge in [-0.2, -0.15) is 0 Å². The van der Waals surface area contributed by atoms with Crippen LogP contribution in [0.4, 0.5) is 11.6 Å². The van der Waals surface area contributed by atoms with Crippen molar-refractivity contribution in [2.24, 2.45) is 0 Å². The first-order valence-corrected chi connectivity index (χ1v) is 12.1. The van der Waals surface area contributed by atoms with Gasteiger partial charge in [0.1, 0.15) is 0 Å². The number of non-ortho nitro benzene ring substituents is 1. The molecular weight excluding hydrogens is 462 g/mol. The van der Waals surface area contributed by atoms with Crippen LogP contribution in [-0.2, 0) is 16.0 Å². The van der Waals surface area contributed by atoms with E-state index in [-0.39, 0.29) is 17.0 Å². The molecule has 2 atom stereocenters. The first-order valence-electron chi connectivity index (χ1n) is 11.2. The number of morpholine rings is 1. The van der Waals surface area contributed by atoms with Gasteiger partial charge in [0.05, 0.1) is 36.0 Å². The third-order valence-corrected chi connectivity index (χ3v) is 6.87. The van der Waals surface area contributed by atoms with Crippen LogP contribution in [-0.4, -0.2) is 68.9 Å². The predicted molar refractivity (Wildman–Crippen MR) is 123 cm³/mol. The maximum Gasteiger partial charge on any atom is 0.269 e. The van der Waals surface area contributed by atoms with Gasteiger partial charge in [-0.05, 0) is 31.9 Å². The van der Waals surface area contributed by atoms with Crippen molar-refractivity contribution in [1.29, 1.82) is 0 Å². The number of benzene rings is 1. The highest BCUT2D eigenvalue weighted by atomic mass is 32.2. The number of nitro benzene ring substituents is 1. The van der Waals surface area contributed by atoms with Gasteiger partial charge in [0.15, 0.2) is 5.16 Å². The van der Waals surface area contributed by atoms with E-state index in [1.807, 2.05) is 6.92 Å². The van der Waals surface area contributed by atoms with Gasteiger partial charge in [-0.15, -0.1) is 20.4 Å². The molecule has 2 aromatic heterocycles. The van der Waals surface area contributed by atoms with Crippen LogP contribution in [0.3, 0.4) is 0 Å². The first kappa shape index (κ1) is 22.7. The van der Waals surface area contributed by atoms with Gasteiger partial charge in [0, 0.05) is 37.4 Å². The quantitative estimate of drug-likeness (QED) is 0.263. The lowest BCUT2D eigenvalue weighted by molar-refractivity contribution is -0.384. The van der Waals surface area contributed by atoms with Gasteiger partial charge in [-0.1, -0.05) is 11.8 Å². The van der Waals surface area contributed by atoms with E-state index < -0.39 is 4.92 Å². The number of aromatic nitrogens is 5. The molecule has 3 aromatic rings. The van der Waals surface area contributed by atoms with E-state index in [0.717, 1.165) is 43.6 Å². The number of rotatable bonds is 8. The molecule has 180 valence electrons. The highest BCUT2D eigenvalue weighted by Crippen LogP contribution is 2.36. The largest absolute Gasteiger partial charge is 0.419 e. The zero-order valence-corrected chi connectivity index (χ0v) is 19.5. The van der Waals surface area contributed by atoms with Gasteiger partial charge in [-0.25, -0.2) is 0 Å². The van der Waals surface area contributed by atoms with Crippen molar-refractivity contribution < 1.29 is 18.8 Å². The summed E-state index contributed by atoms with van der Waals surface area (Å²) in [4.78, 5) is 12.6. The standard InChI is InChI=1S/C21H25N7O5S/c1-14(18-22-23-19(33-18)15-4-6-16(7-5-15)28(29)30)34-21-25-24-20(26-8-11-31-12-9-26)27(21)13-17-3-2-10-32-17/h4-7,14,17H,2-3,8-13H2,1H3. The smallest absolute Gasteiger partial charge is 0.269 e. The van der Waals surface area contributed by atoms with Crippen LogP contribution in [0.1, 0.15) is 30.9 Å². The fourth-order valence-electron chi connectivity index (χ4n) is 3.97. The molecule has 0 radical (unpaired) electrons. The van der Waals surface area contributed by atoms with Gasteiger partial charge < -0.3 is 18.8 Å². The molecule has 13 heteroatoms. The average Bonchev–Trinajstić information content (AvgIpc) is 3.62. The summed E-state index contributed by atoms with van der Waals surface area (Å²) in [6, 6.07) is 6.02. The highest BCUT2D eigenvalue weighted by molar-refractivity contribution is 7.99. The molecular formula is C21H25N7O5S. The average molecular weight is 488 g/mol. The molecule has 0 bridgehead atoms. The van der Waals surface area contributed by atoms with Crippen LogP contribution >= 0.6 is 11.8 Å². The first-order chi connectivity index (χ1) is 16.6. The molecule has 2 aliphatic rings. The van der Waals surface area contributed by atoms with Gasteiger partial charge in [0.25, 0.3) is 5.69 Å². The van der Waals surface area contributed by atoms with E-state index in [9.17, 15) is 10.1 Å². The highest BCUT2D eigenvalue weighted by Gasteiger charge is 2.27. The van der Waals surface area contributed by atoms with E-state index in [2.05, 4.69) is 29.9 Å². The zero-order valence-electron chi connectivity index (χ0n) is 18.7. The molecule has 2 unspecified atom stereocenters. The minimum atomic E-state index is -0.445. The molecule has 5 rings (SSSR count). The molecule has 2 aliphatic heterocycles. The molecule has 2 saturated heterocycles. The summed E-state index contributed by atoms with van der Waals surface area (Å²) < 4.78 is 19.4. The van der Waals surface area contributed by atoms with Gasteiger partial charge in [-0.3, -0.25) is 14.7 Å². The number of ether oxygens (including phenoxy) is 2. The second-order valence-corrected chi connectivity index (χ2v) is 9.45. The molecule has 1 aromatic carbocycles. The van der Waals surface area contributed by atoms with E-state index >= 15 is 0 Å². The zero-order chi connectivity index (χ0) is 23.5. The molecule has 4 heterocycles. The summed E-state index contributed by atoms with van der Waals surface area (Å²) in [5.74, 6) is 1.58. The Balaban J connectivity index is 1.34. The third-order valence-electron chi connectivity index (χ3n) is 5.80. The fourth-order valence-corrected chi connectivity index (χ4v) is 4.85. The number of thioether (sulfide) groups is 1. The minimum Gasteiger partial charge on any atom is -0.419 e. The Kier molecular flexibility index (Phi) is 6.74. The Bertz CT molecular complexity index is 1120. The summed E-state index contributed by atoms with van der Waals surface area (Å²) >= 11 is 1.50. The number of nitro groups is 1. The Labute approximate surface area is 199 Å². The van der Waals surface area contributed by atoms with Crippen molar-refractivity contribution >= 4 is 23.4 Å². The molecule has 2 fully saturated rings. The van der Waals surface area contributed by atoms with E-state index in [4.69, 9.17) is 13.9 Å². The van der Waals surface area contributed by atoms with Crippen LogP contribution in [0.15, 0.2) is 33.8 Å². The third kappa shape index (κ3) is 4.91. The second-order valence-electron chi connectivity index (χ2n) is 8.14. The molecule has 0 aliphatic carbocycles. The number of nitrogens with zero attached hydrogens (tertiary/aromatic N) is 7. The van der Waals surface area contributed by atoms with E-state index in [1.165, 1.54) is 23.9 Å². The minimum absolute atomic E-state index is 0.00839. The van der Waals surface area contributed by atoms with Crippen LogP contribution in [0.2, 0.25) is 0 Å². The number of hydrogen-bond acceptors (Lipinski definition) is 11. The Morgan fingerprint density at radius 2 is 1.94 bits per heavy atom. The summed E-state index contributed by atoms with van der Waals surface area (Å²) in [5.41, 5.74) is 0.631. The summed E-state index contributed by atoms with van der Waals surface area (Å²) in [6.07, 6.45) is 2.22. The maximum atomic E-state index is 10.9. The number of anilines is 1. The van der Waals surface area contributed by atoms with Crippen molar-refractivity contribution in [3.63, 3.8) is 0 Å². The maximum absolute atomic E-state index is 10.9. The predicted octanol–water partition coefficient (Wildman–Crippen LogP) is 3.11. The fraction of sp³-hybridized carbons (Fsp3) is 0.524. The summed E-state index contributed by atoms with van der Waals surface area (Å²) in [6.45, 7) is 6.31. The second kappa shape index (κ2) is 10.1. The van der Waals surface area contributed by atoms with Crippen molar-refractivity contribution in [1.82, 2.24) is 25.0 Å². The van der Waals surface area contributed by atoms with E-state index in [0.29, 0.717) is 37.1 Å². The summed E-state index contributed by atoms with van der Waals surface area (Å²) in [5, 5.41) is 28.7. The lowest BCUT2D eigenvalue weighted by Crippen LogP contribution is -2.38. The van der Waals surface area contributed by atoms with Crippen LogP contribution < -0.4 is 4.90 Å². The topological polar surface area (TPSA) is 134 Å². The molecule has 0 amide bonds. The SMILES string of the molecule is CC(Sc1nnc(N2CCOCC2)n1CC1CCCO1)c1nnc(-c2ccc([N+](=O)[O-])cc2)o1. The summed E-state index contributed by atoms with van der Waals surface area (Å²) in [7, 11) is 0. The molecule has 0 saturated carbocycles. The normalized spacial score (nSPS) is 19.4. The van der Waals surface area contributed by atoms with Crippen LogP contribution in [0.5, 0.6) is 0 Å². The van der Waals surface area contributed by atoms with Crippen molar-refractivity contribution in [2.45, 2.75) is 42.8 Å². The van der Waals surface area contributed by atoms with Crippen LogP contribution in [0, 0.1) is 10.1 Å². The van der Waals surface area contributed by atoms with Gasteiger partial charge in [0.2, 0.25) is 17.7 Å². The Morgan fingerprint density at radius 3 is 2.65 bits per heavy atom. The number of hydrogen-bond donors (Lipinski definition) is 0. The van der Waals surface area contributed by atoms with Crippen molar-refractivity contribution in [3.05, 3.63) is 40.3 Å². The Hall–Kier alpha value is -3.03. The Morgan fingerprint density at radius 1 is 1.15 bits per heavy atom. The lowest BCUT2D eigenvalue weighted by Gasteiger charge is -2.28. The molecule has 0 N–H and O–H groups in total. The molecule has 0 spiro atoms. The van der Waals surface area contributed by atoms with Crippen LogP contribution in [0.25, 0.3) is 11.5 Å². The molecule has 12 nitrogen and oxygen atoms in total.